The molecule has 1 atom stereocenters. The molecule has 0 aromatic heterocycles. The molecular weight excluding hydrogens is 199 g/mol. The summed E-state index contributed by atoms with van der Waals surface area (Å²) < 4.78 is 13.2. The summed E-state index contributed by atoms with van der Waals surface area (Å²) in [6.45, 7) is 1.61. The number of carbonyl (C=O) groups is 1. The van der Waals surface area contributed by atoms with Crippen molar-refractivity contribution in [1.29, 1.82) is 0 Å². The zero-order valence-corrected chi connectivity index (χ0v) is 8.33. The maximum atomic E-state index is 13.2. The van der Waals surface area contributed by atoms with Crippen LogP contribution in [0.3, 0.4) is 0 Å². The van der Waals surface area contributed by atoms with E-state index in [0.29, 0.717) is 0 Å². The molecule has 0 saturated carbocycles. The maximum absolute atomic E-state index is 13.2. The third-order valence-electron chi connectivity index (χ3n) is 1.80. The molecule has 0 spiro atoms. The second-order valence-corrected chi connectivity index (χ2v) is 3.30. The van der Waals surface area contributed by atoms with Crippen molar-refractivity contribution in [2.45, 2.75) is 13.0 Å². The van der Waals surface area contributed by atoms with Crippen LogP contribution in [0.5, 0.6) is 0 Å². The average molecular weight is 212 g/mol. The number of rotatable bonds is 3. The van der Waals surface area contributed by atoms with Crippen LogP contribution in [-0.2, 0) is 0 Å². The Hall–Kier alpha value is -1.62. The third-order valence-corrected chi connectivity index (χ3v) is 1.80. The number of benzene rings is 1. The Labute approximate surface area is 86.9 Å². The van der Waals surface area contributed by atoms with Crippen LogP contribution in [0, 0.1) is 5.82 Å². The molecule has 0 heterocycles. The topological polar surface area (TPSA) is 75.3 Å². The second kappa shape index (κ2) is 4.75. The van der Waals surface area contributed by atoms with Gasteiger partial charge in [-0.3, -0.25) is 4.79 Å². The standard InChI is InChI=1S/C10H13FN2O2/c1-6(14)5-13-10(15)8-3-2-7(12)4-9(8)11/h2-4,6,14H,5,12H2,1H3,(H,13,15)/t6-/m0/s1. The summed E-state index contributed by atoms with van der Waals surface area (Å²) in [5.41, 5.74) is 5.52. The van der Waals surface area contributed by atoms with Gasteiger partial charge < -0.3 is 16.2 Å². The number of anilines is 1. The van der Waals surface area contributed by atoms with Crippen molar-refractivity contribution in [1.82, 2.24) is 5.32 Å². The van der Waals surface area contributed by atoms with Crippen molar-refractivity contribution in [2.24, 2.45) is 0 Å². The van der Waals surface area contributed by atoms with E-state index in [1.807, 2.05) is 0 Å². The molecule has 0 unspecified atom stereocenters. The molecule has 1 amide bonds. The van der Waals surface area contributed by atoms with Gasteiger partial charge in [0.05, 0.1) is 11.7 Å². The number of nitrogen functional groups attached to an aromatic ring is 1. The van der Waals surface area contributed by atoms with E-state index in [1.54, 1.807) is 0 Å². The number of halogens is 1. The molecule has 0 radical (unpaired) electrons. The zero-order valence-electron chi connectivity index (χ0n) is 8.33. The number of aliphatic hydroxyl groups is 1. The van der Waals surface area contributed by atoms with E-state index in [1.165, 1.54) is 19.1 Å². The molecule has 4 nitrogen and oxygen atoms in total. The van der Waals surface area contributed by atoms with Gasteiger partial charge in [0, 0.05) is 12.2 Å². The van der Waals surface area contributed by atoms with Crippen molar-refractivity contribution < 1.29 is 14.3 Å². The van der Waals surface area contributed by atoms with Crippen LogP contribution in [0.2, 0.25) is 0 Å². The van der Waals surface area contributed by atoms with Gasteiger partial charge in [0.25, 0.3) is 5.91 Å². The van der Waals surface area contributed by atoms with Crippen LogP contribution in [0.15, 0.2) is 18.2 Å². The summed E-state index contributed by atoms with van der Waals surface area (Å²) in [6.07, 6.45) is -0.661. The SMILES string of the molecule is C[C@H](O)CNC(=O)c1ccc(N)cc1F. The van der Waals surface area contributed by atoms with Crippen LogP contribution < -0.4 is 11.1 Å². The molecule has 4 N–H and O–H groups in total. The normalized spacial score (nSPS) is 12.2. The number of carbonyl (C=O) groups excluding carboxylic acids is 1. The van der Waals surface area contributed by atoms with E-state index in [2.05, 4.69) is 5.32 Å². The van der Waals surface area contributed by atoms with Crippen LogP contribution in [0.1, 0.15) is 17.3 Å². The Balaban J connectivity index is 2.74. The van der Waals surface area contributed by atoms with E-state index in [-0.39, 0.29) is 17.8 Å². The number of hydrogen-bond donors (Lipinski definition) is 3. The Morgan fingerprint density at radius 3 is 2.87 bits per heavy atom. The number of nitrogens with two attached hydrogens (primary N) is 1. The van der Waals surface area contributed by atoms with Gasteiger partial charge in [0.2, 0.25) is 0 Å². The lowest BCUT2D eigenvalue weighted by molar-refractivity contribution is 0.0920. The highest BCUT2D eigenvalue weighted by molar-refractivity contribution is 5.94. The lowest BCUT2D eigenvalue weighted by atomic mass is 10.2. The smallest absolute Gasteiger partial charge is 0.254 e. The third kappa shape index (κ3) is 3.21. The summed E-state index contributed by atoms with van der Waals surface area (Å²) in [5, 5.41) is 11.3. The minimum absolute atomic E-state index is 0.0788. The van der Waals surface area contributed by atoms with Gasteiger partial charge in [-0.25, -0.2) is 4.39 Å². The van der Waals surface area contributed by atoms with Gasteiger partial charge in [-0.1, -0.05) is 0 Å². The van der Waals surface area contributed by atoms with Crippen LogP contribution in [-0.4, -0.2) is 23.7 Å². The molecule has 0 fully saturated rings. The van der Waals surface area contributed by atoms with Gasteiger partial charge in [-0.2, -0.15) is 0 Å². The van der Waals surface area contributed by atoms with Gasteiger partial charge in [0.15, 0.2) is 0 Å². The quantitative estimate of drug-likeness (QED) is 0.639. The highest BCUT2D eigenvalue weighted by Gasteiger charge is 2.11. The number of nitrogens with one attached hydrogen (secondary N) is 1. The van der Waals surface area contributed by atoms with Gasteiger partial charge in [0.1, 0.15) is 5.82 Å². The fraction of sp³-hybridized carbons (Fsp3) is 0.300. The van der Waals surface area contributed by atoms with Gasteiger partial charge >= 0.3 is 0 Å². The molecule has 0 saturated heterocycles. The van der Waals surface area contributed by atoms with Crippen LogP contribution in [0.4, 0.5) is 10.1 Å². The summed E-state index contributed by atoms with van der Waals surface area (Å²) in [6, 6.07) is 3.83. The number of hydrogen-bond acceptors (Lipinski definition) is 3. The molecule has 0 aliphatic carbocycles. The molecule has 0 aliphatic rings. The highest BCUT2D eigenvalue weighted by atomic mass is 19.1. The molecule has 1 aromatic carbocycles. The minimum atomic E-state index is -0.668. The molecule has 15 heavy (non-hydrogen) atoms. The molecule has 0 bridgehead atoms. The Morgan fingerprint density at radius 2 is 2.33 bits per heavy atom. The number of aliphatic hydroxyl groups excluding tert-OH is 1. The molecule has 5 heteroatoms. The first-order chi connectivity index (χ1) is 7.00. The van der Waals surface area contributed by atoms with E-state index in [4.69, 9.17) is 10.8 Å². The minimum Gasteiger partial charge on any atom is -0.399 e. The summed E-state index contributed by atoms with van der Waals surface area (Å²) in [5.74, 6) is -1.23. The van der Waals surface area contributed by atoms with Crippen LogP contribution >= 0.6 is 0 Å². The fourth-order valence-electron chi connectivity index (χ4n) is 1.05. The summed E-state index contributed by atoms with van der Waals surface area (Å²) >= 11 is 0. The molecule has 0 aliphatic heterocycles. The first kappa shape index (κ1) is 11.5. The average Bonchev–Trinajstić information content (AvgIpc) is 2.14. The molecule has 1 rings (SSSR count). The highest BCUT2D eigenvalue weighted by Crippen LogP contribution is 2.11. The van der Waals surface area contributed by atoms with Crippen LogP contribution in [0.25, 0.3) is 0 Å². The molecule has 82 valence electrons. The fourth-order valence-corrected chi connectivity index (χ4v) is 1.05. The predicted molar refractivity (Wildman–Crippen MR) is 54.8 cm³/mol. The Morgan fingerprint density at radius 1 is 1.67 bits per heavy atom. The lowest BCUT2D eigenvalue weighted by Crippen LogP contribution is -2.31. The van der Waals surface area contributed by atoms with Crippen molar-refractivity contribution >= 4 is 11.6 Å². The largest absolute Gasteiger partial charge is 0.399 e. The van der Waals surface area contributed by atoms with Gasteiger partial charge in [-0.05, 0) is 25.1 Å². The van der Waals surface area contributed by atoms with Crippen molar-refractivity contribution in [2.75, 3.05) is 12.3 Å². The first-order valence-electron chi connectivity index (χ1n) is 4.52. The first-order valence-corrected chi connectivity index (χ1v) is 4.52. The van der Waals surface area contributed by atoms with Crippen molar-refractivity contribution in [3.8, 4) is 0 Å². The number of amides is 1. The summed E-state index contributed by atoms with van der Waals surface area (Å²) in [7, 11) is 0. The second-order valence-electron chi connectivity index (χ2n) is 3.30. The maximum Gasteiger partial charge on any atom is 0.254 e. The lowest BCUT2D eigenvalue weighted by Gasteiger charge is -2.07. The zero-order chi connectivity index (χ0) is 11.4. The molecule has 1 aromatic rings. The van der Waals surface area contributed by atoms with E-state index in [9.17, 15) is 9.18 Å². The Kier molecular flexibility index (Phi) is 3.62. The Bertz CT molecular complexity index is 366. The molecular formula is C10H13FN2O2. The van der Waals surface area contributed by atoms with Crippen molar-refractivity contribution in [3.05, 3.63) is 29.6 Å². The summed E-state index contributed by atoms with van der Waals surface area (Å²) in [4.78, 5) is 11.4. The van der Waals surface area contributed by atoms with E-state index < -0.39 is 17.8 Å². The van der Waals surface area contributed by atoms with E-state index in [0.717, 1.165) is 6.07 Å². The van der Waals surface area contributed by atoms with Crippen molar-refractivity contribution in [3.63, 3.8) is 0 Å². The predicted octanol–water partition coefficient (Wildman–Crippen LogP) is 0.519. The monoisotopic (exact) mass is 212 g/mol. The van der Waals surface area contributed by atoms with Gasteiger partial charge in [-0.15, -0.1) is 0 Å². The van der Waals surface area contributed by atoms with E-state index >= 15 is 0 Å².